The molecule has 8 heteroatoms. The predicted octanol–water partition coefficient (Wildman–Crippen LogP) is 3.41. The highest BCUT2D eigenvalue weighted by molar-refractivity contribution is 6.01. The lowest BCUT2D eigenvalue weighted by Crippen LogP contribution is -2.55. The van der Waals surface area contributed by atoms with E-state index in [4.69, 9.17) is 0 Å². The summed E-state index contributed by atoms with van der Waals surface area (Å²) in [6, 6.07) is 8.92. The zero-order chi connectivity index (χ0) is 24.8. The van der Waals surface area contributed by atoms with Crippen molar-refractivity contribution in [1.29, 1.82) is 0 Å². The van der Waals surface area contributed by atoms with E-state index in [0.717, 1.165) is 5.56 Å². The topological polar surface area (TPSA) is 95.4 Å². The number of hydrogen-bond acceptors (Lipinski definition) is 6. The van der Waals surface area contributed by atoms with E-state index in [-0.39, 0.29) is 29.2 Å². The first kappa shape index (κ1) is 23.5. The highest BCUT2D eigenvalue weighted by Gasteiger charge is 2.50. The fourth-order valence-electron chi connectivity index (χ4n) is 5.51. The van der Waals surface area contributed by atoms with Crippen molar-refractivity contribution in [1.82, 2.24) is 20.2 Å². The standard InChI is InChI=1S/C27H29FN4O3/c1-26(2)16-32(15-17-4-3-10-29-13-17)11-9-27(26,35)21-6-7-22-20(24(21)28)12-18(14-30-22)19-5-8-23(33)31-25(19)34/h3-4,6-7,10,12-14,19,35H,5,8-9,11,15-16H2,1-2H3,(H,31,33,34)/t19?,27-/m1/s1. The largest absolute Gasteiger partial charge is 0.384 e. The van der Waals surface area contributed by atoms with Crippen LogP contribution in [0.5, 0.6) is 0 Å². The molecule has 0 saturated carbocycles. The Bertz CT molecular complexity index is 1300. The quantitative estimate of drug-likeness (QED) is 0.561. The number of aliphatic hydroxyl groups is 1. The van der Waals surface area contributed by atoms with Gasteiger partial charge in [-0.05, 0) is 42.2 Å². The lowest BCUT2D eigenvalue weighted by atomic mass is 9.66. The summed E-state index contributed by atoms with van der Waals surface area (Å²) in [7, 11) is 0. The molecule has 2 fully saturated rings. The van der Waals surface area contributed by atoms with E-state index >= 15 is 4.39 Å². The number of fused-ring (bicyclic) bond motifs is 1. The molecular weight excluding hydrogens is 447 g/mol. The molecule has 1 unspecified atom stereocenters. The molecule has 2 amide bonds. The van der Waals surface area contributed by atoms with Gasteiger partial charge >= 0.3 is 0 Å². The molecule has 3 aromatic rings. The molecule has 0 spiro atoms. The second kappa shape index (κ2) is 8.77. The van der Waals surface area contributed by atoms with E-state index in [1.54, 1.807) is 30.6 Å². The Hall–Kier alpha value is -3.23. The van der Waals surface area contributed by atoms with Gasteiger partial charge in [-0.25, -0.2) is 4.39 Å². The molecule has 2 saturated heterocycles. The summed E-state index contributed by atoms with van der Waals surface area (Å²) in [5, 5.41) is 14.5. The van der Waals surface area contributed by atoms with E-state index in [2.05, 4.69) is 20.2 Å². The summed E-state index contributed by atoms with van der Waals surface area (Å²) in [4.78, 5) is 34.7. The number of amides is 2. The number of pyridine rings is 2. The van der Waals surface area contributed by atoms with Crippen LogP contribution in [0, 0.1) is 11.2 Å². The molecule has 35 heavy (non-hydrogen) atoms. The fraction of sp³-hybridized carbons (Fsp3) is 0.407. The number of hydrogen-bond donors (Lipinski definition) is 2. The van der Waals surface area contributed by atoms with Crippen molar-refractivity contribution in [2.75, 3.05) is 13.1 Å². The Morgan fingerprint density at radius 1 is 1.23 bits per heavy atom. The SMILES string of the molecule is CC1(C)CN(Cc2cccnc2)CC[C@@]1(O)c1ccc2ncc(C3CCC(=O)NC3=O)cc2c1F. The molecule has 0 bridgehead atoms. The number of rotatable bonds is 4. The van der Waals surface area contributed by atoms with Gasteiger partial charge in [-0.3, -0.25) is 29.8 Å². The van der Waals surface area contributed by atoms with Gasteiger partial charge in [0.2, 0.25) is 11.8 Å². The van der Waals surface area contributed by atoms with Crippen LogP contribution in [0.2, 0.25) is 0 Å². The van der Waals surface area contributed by atoms with Crippen molar-refractivity contribution in [2.45, 2.75) is 51.2 Å². The highest BCUT2D eigenvalue weighted by atomic mass is 19.1. The van der Waals surface area contributed by atoms with Crippen molar-refractivity contribution < 1.29 is 19.1 Å². The number of carbonyl (C=O) groups excluding carboxylic acids is 2. The molecule has 2 N–H and O–H groups in total. The smallest absolute Gasteiger partial charge is 0.234 e. The van der Waals surface area contributed by atoms with Crippen LogP contribution in [0.15, 0.2) is 48.9 Å². The van der Waals surface area contributed by atoms with Gasteiger partial charge in [-0.1, -0.05) is 26.0 Å². The van der Waals surface area contributed by atoms with Crippen LogP contribution in [0.1, 0.15) is 55.7 Å². The summed E-state index contributed by atoms with van der Waals surface area (Å²) in [5.74, 6) is -1.75. The summed E-state index contributed by atoms with van der Waals surface area (Å²) in [5.41, 5.74) is 0.363. The van der Waals surface area contributed by atoms with Gasteiger partial charge in [-0.2, -0.15) is 0 Å². The molecule has 2 aliphatic heterocycles. The Morgan fingerprint density at radius 2 is 2.06 bits per heavy atom. The van der Waals surface area contributed by atoms with Crippen LogP contribution < -0.4 is 5.32 Å². The number of nitrogens with one attached hydrogen (secondary N) is 1. The first-order valence-electron chi connectivity index (χ1n) is 11.9. The maximum absolute atomic E-state index is 16.0. The van der Waals surface area contributed by atoms with Crippen LogP contribution in [-0.4, -0.2) is 44.9 Å². The summed E-state index contributed by atoms with van der Waals surface area (Å²) in [6.45, 7) is 5.84. The number of imide groups is 1. The van der Waals surface area contributed by atoms with Gasteiger partial charge in [0.15, 0.2) is 0 Å². The van der Waals surface area contributed by atoms with Gasteiger partial charge in [0.1, 0.15) is 5.82 Å². The fourth-order valence-corrected chi connectivity index (χ4v) is 5.51. The van der Waals surface area contributed by atoms with Crippen LogP contribution in [0.3, 0.4) is 0 Å². The monoisotopic (exact) mass is 476 g/mol. The normalized spacial score (nSPS) is 25.0. The average Bonchev–Trinajstić information content (AvgIpc) is 2.82. The summed E-state index contributed by atoms with van der Waals surface area (Å²) < 4.78 is 16.0. The molecular formula is C27H29FN4O3. The van der Waals surface area contributed by atoms with Crippen molar-refractivity contribution in [2.24, 2.45) is 5.41 Å². The van der Waals surface area contributed by atoms with Gasteiger partial charge < -0.3 is 5.11 Å². The van der Waals surface area contributed by atoms with Crippen molar-refractivity contribution >= 4 is 22.7 Å². The molecule has 182 valence electrons. The lowest BCUT2D eigenvalue weighted by molar-refractivity contribution is -0.134. The van der Waals surface area contributed by atoms with Crippen molar-refractivity contribution in [3.63, 3.8) is 0 Å². The number of benzene rings is 1. The summed E-state index contributed by atoms with van der Waals surface area (Å²) >= 11 is 0. The third kappa shape index (κ3) is 4.21. The molecule has 2 aromatic heterocycles. The van der Waals surface area contributed by atoms with Gasteiger partial charge in [-0.15, -0.1) is 0 Å². The molecule has 4 heterocycles. The van der Waals surface area contributed by atoms with Crippen LogP contribution in [0.4, 0.5) is 4.39 Å². The van der Waals surface area contributed by atoms with Gasteiger partial charge in [0.05, 0.1) is 17.0 Å². The first-order chi connectivity index (χ1) is 16.7. The Labute approximate surface area is 203 Å². The molecule has 2 atom stereocenters. The molecule has 0 aliphatic carbocycles. The highest BCUT2D eigenvalue weighted by Crippen LogP contribution is 2.48. The second-order valence-electron chi connectivity index (χ2n) is 10.3. The molecule has 7 nitrogen and oxygen atoms in total. The third-order valence-corrected chi connectivity index (χ3v) is 7.56. The maximum atomic E-state index is 16.0. The number of halogens is 1. The second-order valence-corrected chi connectivity index (χ2v) is 10.3. The van der Waals surface area contributed by atoms with Crippen molar-refractivity contribution in [3.05, 3.63) is 71.4 Å². The van der Waals surface area contributed by atoms with Crippen LogP contribution in [0.25, 0.3) is 10.9 Å². The number of nitrogens with zero attached hydrogens (tertiary/aromatic N) is 3. The third-order valence-electron chi connectivity index (χ3n) is 7.56. The Morgan fingerprint density at radius 3 is 2.77 bits per heavy atom. The maximum Gasteiger partial charge on any atom is 0.234 e. The van der Waals surface area contributed by atoms with E-state index < -0.39 is 22.8 Å². The number of carbonyl (C=O) groups is 2. The molecule has 1 aromatic carbocycles. The minimum atomic E-state index is -1.37. The van der Waals surface area contributed by atoms with E-state index in [9.17, 15) is 14.7 Å². The minimum Gasteiger partial charge on any atom is -0.384 e. The van der Waals surface area contributed by atoms with Gasteiger partial charge in [0.25, 0.3) is 0 Å². The lowest BCUT2D eigenvalue weighted by Gasteiger charge is -2.50. The van der Waals surface area contributed by atoms with Crippen molar-refractivity contribution in [3.8, 4) is 0 Å². The number of aromatic nitrogens is 2. The molecule has 2 aliphatic rings. The van der Waals surface area contributed by atoms with E-state index in [0.29, 0.717) is 43.6 Å². The van der Waals surface area contributed by atoms with Crippen LogP contribution >= 0.6 is 0 Å². The zero-order valence-corrected chi connectivity index (χ0v) is 19.9. The van der Waals surface area contributed by atoms with Gasteiger partial charge in [0, 0.05) is 61.0 Å². The zero-order valence-electron chi connectivity index (χ0n) is 19.9. The van der Waals surface area contributed by atoms with Crippen LogP contribution in [-0.2, 0) is 21.7 Å². The number of piperidine rings is 2. The molecule has 0 radical (unpaired) electrons. The minimum absolute atomic E-state index is 0.237. The molecule has 5 rings (SSSR count). The predicted molar refractivity (Wildman–Crippen MR) is 129 cm³/mol. The van der Waals surface area contributed by atoms with E-state index in [1.165, 1.54) is 0 Å². The van der Waals surface area contributed by atoms with E-state index in [1.807, 2.05) is 32.2 Å². The Balaban J connectivity index is 1.46. The Kier molecular flexibility index (Phi) is 5.89. The summed E-state index contributed by atoms with van der Waals surface area (Å²) in [6.07, 6.45) is 6.12. The average molecular weight is 477 g/mol. The number of likely N-dealkylation sites (tertiary alicyclic amines) is 1. The first-order valence-corrected chi connectivity index (χ1v) is 11.9.